The predicted octanol–water partition coefficient (Wildman–Crippen LogP) is 2.00. The van der Waals surface area contributed by atoms with E-state index in [1.165, 1.54) is 13.0 Å². The summed E-state index contributed by atoms with van der Waals surface area (Å²) >= 11 is 0.717. The second-order valence-corrected chi connectivity index (χ2v) is 5.89. The van der Waals surface area contributed by atoms with Gasteiger partial charge in [-0.25, -0.2) is 4.68 Å². The van der Waals surface area contributed by atoms with E-state index in [1.807, 2.05) is 6.07 Å². The zero-order valence-electron chi connectivity index (χ0n) is 12.2. The van der Waals surface area contributed by atoms with Crippen molar-refractivity contribution in [1.82, 2.24) is 14.9 Å². The molecule has 0 aliphatic rings. The highest BCUT2D eigenvalue weighted by molar-refractivity contribution is 8.00. The van der Waals surface area contributed by atoms with Gasteiger partial charge in [0.1, 0.15) is 6.07 Å². The average Bonchev–Trinajstić information content (AvgIpc) is 2.88. The van der Waals surface area contributed by atoms with Gasteiger partial charge in [-0.05, 0) is 19.1 Å². The molecule has 0 fully saturated rings. The Hall–Kier alpha value is -2.74. The Morgan fingerprint density at radius 3 is 2.67 bits per heavy atom. The fourth-order valence-electron chi connectivity index (χ4n) is 1.69. The fraction of sp³-hybridized carbons (Fsp3) is 0.231. The van der Waals surface area contributed by atoms with Crippen LogP contribution in [0, 0.1) is 11.3 Å². The first kappa shape index (κ1) is 17.6. The van der Waals surface area contributed by atoms with Crippen LogP contribution >= 0.6 is 11.8 Å². The molecule has 0 aliphatic heterocycles. The molecular weight excluding hydrogens is 345 g/mol. The molecular formula is C13H11F3N6OS. The van der Waals surface area contributed by atoms with Gasteiger partial charge >= 0.3 is 6.18 Å². The number of halogens is 3. The molecule has 11 heteroatoms. The van der Waals surface area contributed by atoms with Crippen LogP contribution in [0.4, 0.5) is 18.9 Å². The first-order chi connectivity index (χ1) is 11.2. The van der Waals surface area contributed by atoms with Crippen molar-refractivity contribution < 1.29 is 18.0 Å². The number of benzene rings is 1. The van der Waals surface area contributed by atoms with E-state index in [1.54, 1.807) is 18.2 Å². The molecule has 0 aliphatic carbocycles. The zero-order valence-corrected chi connectivity index (χ0v) is 13.0. The van der Waals surface area contributed by atoms with E-state index in [0.29, 0.717) is 5.69 Å². The van der Waals surface area contributed by atoms with E-state index in [4.69, 9.17) is 11.1 Å². The molecule has 0 saturated heterocycles. The van der Waals surface area contributed by atoms with Crippen molar-refractivity contribution in [3.8, 4) is 6.07 Å². The second kappa shape index (κ2) is 6.79. The number of rotatable bonds is 4. The van der Waals surface area contributed by atoms with Gasteiger partial charge in [0.2, 0.25) is 11.1 Å². The number of nitrogen functional groups attached to an aromatic ring is 1. The maximum absolute atomic E-state index is 12.6. The van der Waals surface area contributed by atoms with Crippen LogP contribution in [0.5, 0.6) is 0 Å². The van der Waals surface area contributed by atoms with E-state index in [-0.39, 0.29) is 15.4 Å². The number of para-hydroxylation sites is 1. The zero-order chi connectivity index (χ0) is 17.9. The van der Waals surface area contributed by atoms with Crippen LogP contribution in [0.2, 0.25) is 0 Å². The lowest BCUT2D eigenvalue weighted by atomic mass is 10.2. The molecule has 0 spiro atoms. The Kier molecular flexibility index (Phi) is 4.99. The van der Waals surface area contributed by atoms with Gasteiger partial charge in [-0.2, -0.15) is 18.4 Å². The third kappa shape index (κ3) is 3.77. The molecule has 1 heterocycles. The smallest absolute Gasteiger partial charge is 0.335 e. The SMILES string of the molecule is C[C@@H](Sc1nnc(C(F)(F)F)n1N)C(=O)Nc1ccccc1C#N. The van der Waals surface area contributed by atoms with Crippen LogP contribution in [0.3, 0.4) is 0 Å². The molecule has 0 radical (unpaired) electrons. The van der Waals surface area contributed by atoms with E-state index >= 15 is 0 Å². The summed E-state index contributed by atoms with van der Waals surface area (Å²) in [5, 5.41) is 16.8. The van der Waals surface area contributed by atoms with Gasteiger partial charge in [0.05, 0.1) is 16.5 Å². The Labute approximate surface area is 138 Å². The largest absolute Gasteiger partial charge is 0.453 e. The maximum Gasteiger partial charge on any atom is 0.453 e. The van der Waals surface area contributed by atoms with Crippen molar-refractivity contribution in [3.63, 3.8) is 0 Å². The molecule has 2 rings (SSSR count). The molecule has 7 nitrogen and oxygen atoms in total. The average molecular weight is 356 g/mol. The molecule has 0 unspecified atom stereocenters. The van der Waals surface area contributed by atoms with Crippen molar-refractivity contribution in [2.24, 2.45) is 0 Å². The summed E-state index contributed by atoms with van der Waals surface area (Å²) in [6.45, 7) is 1.47. The molecule has 0 saturated carbocycles. The fourth-order valence-corrected chi connectivity index (χ4v) is 2.46. The highest BCUT2D eigenvalue weighted by Crippen LogP contribution is 2.30. The summed E-state index contributed by atoms with van der Waals surface area (Å²) < 4.78 is 38.1. The van der Waals surface area contributed by atoms with Crippen molar-refractivity contribution in [1.29, 1.82) is 5.26 Å². The standard InChI is InChI=1S/C13H11F3N6OS/c1-7(10(23)19-9-5-3-2-4-8(9)6-17)24-12-21-20-11(22(12)18)13(14,15)16/h2-5,7H,18H2,1H3,(H,19,23)/t7-/m1/s1. The third-order valence-electron chi connectivity index (χ3n) is 2.87. The molecule has 1 aromatic heterocycles. The highest BCUT2D eigenvalue weighted by Gasteiger charge is 2.38. The van der Waals surface area contributed by atoms with Crippen LogP contribution in [0.1, 0.15) is 18.3 Å². The lowest BCUT2D eigenvalue weighted by Crippen LogP contribution is -2.25. The molecule has 1 amide bonds. The predicted molar refractivity (Wildman–Crippen MR) is 80.3 cm³/mol. The van der Waals surface area contributed by atoms with Gasteiger partial charge < -0.3 is 11.2 Å². The highest BCUT2D eigenvalue weighted by atomic mass is 32.2. The van der Waals surface area contributed by atoms with Crippen molar-refractivity contribution in [2.45, 2.75) is 23.5 Å². The number of hydrogen-bond donors (Lipinski definition) is 2. The second-order valence-electron chi connectivity index (χ2n) is 4.58. The molecule has 1 atom stereocenters. The number of thioether (sulfide) groups is 1. The number of nitriles is 1. The van der Waals surface area contributed by atoms with Gasteiger partial charge in [-0.15, -0.1) is 10.2 Å². The van der Waals surface area contributed by atoms with Crippen molar-refractivity contribution >= 4 is 23.4 Å². The van der Waals surface area contributed by atoms with Crippen LogP contribution < -0.4 is 11.2 Å². The summed E-state index contributed by atoms with van der Waals surface area (Å²) in [4.78, 5) is 12.1. The number of amides is 1. The number of carbonyl (C=O) groups is 1. The van der Waals surface area contributed by atoms with Crippen LogP contribution in [0.25, 0.3) is 0 Å². The van der Waals surface area contributed by atoms with Gasteiger partial charge in [0, 0.05) is 0 Å². The Balaban J connectivity index is 2.10. The Morgan fingerprint density at radius 1 is 1.42 bits per heavy atom. The lowest BCUT2D eigenvalue weighted by Gasteiger charge is -2.12. The van der Waals surface area contributed by atoms with E-state index in [9.17, 15) is 18.0 Å². The summed E-state index contributed by atoms with van der Waals surface area (Å²) in [7, 11) is 0. The first-order valence-corrected chi connectivity index (χ1v) is 7.36. The van der Waals surface area contributed by atoms with Crippen molar-refractivity contribution in [2.75, 3.05) is 11.2 Å². The summed E-state index contributed by atoms with van der Waals surface area (Å²) in [6, 6.07) is 8.28. The van der Waals surface area contributed by atoms with Crippen LogP contribution in [0.15, 0.2) is 29.4 Å². The summed E-state index contributed by atoms with van der Waals surface area (Å²) in [6.07, 6.45) is -4.74. The maximum atomic E-state index is 12.6. The molecule has 3 N–H and O–H groups in total. The molecule has 0 bridgehead atoms. The third-order valence-corrected chi connectivity index (χ3v) is 3.93. The summed E-state index contributed by atoms with van der Waals surface area (Å²) in [5.41, 5.74) is 0.576. The molecule has 126 valence electrons. The quantitative estimate of drug-likeness (QED) is 0.640. The molecule has 1 aromatic carbocycles. The number of alkyl halides is 3. The van der Waals surface area contributed by atoms with Gasteiger partial charge in [0.15, 0.2) is 0 Å². The van der Waals surface area contributed by atoms with Gasteiger partial charge in [-0.3, -0.25) is 4.79 Å². The van der Waals surface area contributed by atoms with Crippen molar-refractivity contribution in [3.05, 3.63) is 35.7 Å². The number of carbonyl (C=O) groups excluding carboxylic acids is 1. The summed E-state index contributed by atoms with van der Waals surface area (Å²) in [5.74, 6) is 3.44. The van der Waals surface area contributed by atoms with Gasteiger partial charge in [-0.1, -0.05) is 23.9 Å². The first-order valence-electron chi connectivity index (χ1n) is 6.48. The minimum Gasteiger partial charge on any atom is -0.335 e. The normalized spacial score (nSPS) is 12.5. The minimum atomic E-state index is -4.74. The minimum absolute atomic E-state index is 0.251. The van der Waals surface area contributed by atoms with Gasteiger partial charge in [0.25, 0.3) is 5.82 Å². The van der Waals surface area contributed by atoms with E-state index in [0.717, 1.165) is 11.8 Å². The monoisotopic (exact) mass is 356 g/mol. The number of nitrogens with two attached hydrogens (primary N) is 1. The van der Waals surface area contributed by atoms with E-state index < -0.39 is 23.2 Å². The molecule has 24 heavy (non-hydrogen) atoms. The number of anilines is 1. The van der Waals surface area contributed by atoms with E-state index in [2.05, 4.69) is 15.5 Å². The Morgan fingerprint density at radius 2 is 2.08 bits per heavy atom. The molecule has 2 aromatic rings. The van der Waals surface area contributed by atoms with Crippen LogP contribution in [-0.4, -0.2) is 26.0 Å². The van der Waals surface area contributed by atoms with Crippen LogP contribution in [-0.2, 0) is 11.0 Å². The lowest BCUT2D eigenvalue weighted by molar-refractivity contribution is -0.146. The topological polar surface area (TPSA) is 110 Å². The number of nitrogens with zero attached hydrogens (tertiary/aromatic N) is 4. The number of aromatic nitrogens is 3. The number of nitrogens with one attached hydrogen (secondary N) is 1. The number of hydrogen-bond acceptors (Lipinski definition) is 6. The Bertz CT molecular complexity index is 798.